The number of benzene rings is 2. The summed E-state index contributed by atoms with van der Waals surface area (Å²) in [6, 6.07) is 16.4. The lowest BCUT2D eigenvalue weighted by Crippen LogP contribution is -2.22. The maximum absolute atomic E-state index is 12.1. The van der Waals surface area contributed by atoms with E-state index in [2.05, 4.69) is 35.6 Å². The van der Waals surface area contributed by atoms with Crippen LogP contribution in [0.4, 0.5) is 0 Å². The zero-order valence-corrected chi connectivity index (χ0v) is 18.1. The van der Waals surface area contributed by atoms with Crippen LogP contribution in [-0.4, -0.2) is 5.91 Å². The highest BCUT2D eigenvalue weighted by Gasteiger charge is 2.06. The Labute approximate surface area is 180 Å². The number of hydrogen-bond donors (Lipinski definition) is 1. The molecule has 0 radical (unpaired) electrons. The number of nitrogens with one attached hydrogen (secondary N) is 1. The minimum absolute atomic E-state index is 0.159. The molecule has 0 aliphatic heterocycles. The van der Waals surface area contributed by atoms with Gasteiger partial charge < -0.3 is 5.32 Å². The highest BCUT2D eigenvalue weighted by Crippen LogP contribution is 2.16. The molecule has 1 amide bonds. The number of hydrogen-bond acceptors (Lipinski definition) is 2. The van der Waals surface area contributed by atoms with Crippen molar-refractivity contribution in [1.29, 1.82) is 0 Å². The van der Waals surface area contributed by atoms with Gasteiger partial charge in [-0.2, -0.15) is 0 Å². The molecule has 3 heteroatoms. The first-order valence-electron chi connectivity index (χ1n) is 11.7. The average molecular weight is 406 g/mol. The molecule has 3 rings (SSSR count). The maximum atomic E-state index is 12.1. The van der Waals surface area contributed by atoms with E-state index in [4.69, 9.17) is 0 Å². The Morgan fingerprint density at radius 1 is 0.700 bits per heavy atom. The fourth-order valence-electron chi connectivity index (χ4n) is 3.97. The quantitative estimate of drug-likeness (QED) is 0.305. The van der Waals surface area contributed by atoms with Crippen molar-refractivity contribution >= 4 is 16.7 Å². The van der Waals surface area contributed by atoms with Crippen molar-refractivity contribution in [1.82, 2.24) is 5.32 Å². The summed E-state index contributed by atoms with van der Waals surface area (Å²) >= 11 is 0. The Morgan fingerprint density at radius 2 is 1.30 bits per heavy atom. The third-order valence-electron chi connectivity index (χ3n) is 5.94. The molecule has 0 bridgehead atoms. The number of rotatable bonds is 15. The summed E-state index contributed by atoms with van der Waals surface area (Å²) in [4.78, 5) is 22.9. The van der Waals surface area contributed by atoms with Crippen LogP contribution in [0.5, 0.6) is 0 Å². The zero-order chi connectivity index (χ0) is 21.0. The Bertz CT molecular complexity index is 920. The molecule has 0 fully saturated rings. The second-order valence-electron chi connectivity index (χ2n) is 8.53. The van der Waals surface area contributed by atoms with Crippen LogP contribution < -0.4 is 10.7 Å². The molecule has 30 heavy (non-hydrogen) atoms. The first kappa shape index (κ1) is 22.3. The minimum atomic E-state index is 0.159. The van der Waals surface area contributed by atoms with Crippen molar-refractivity contribution in [2.24, 2.45) is 0 Å². The normalized spacial score (nSPS) is 11.3. The van der Waals surface area contributed by atoms with Crippen molar-refractivity contribution in [3.8, 4) is 0 Å². The van der Waals surface area contributed by atoms with Gasteiger partial charge in [0.25, 0.3) is 0 Å². The van der Waals surface area contributed by atoms with Crippen LogP contribution in [0.25, 0.3) is 10.8 Å². The molecule has 0 unspecified atom stereocenters. The van der Waals surface area contributed by atoms with Gasteiger partial charge >= 0.3 is 0 Å². The van der Waals surface area contributed by atoms with Gasteiger partial charge in [-0.05, 0) is 47.7 Å². The van der Waals surface area contributed by atoms with E-state index in [1.165, 1.54) is 62.1 Å². The van der Waals surface area contributed by atoms with Crippen molar-refractivity contribution in [3.05, 3.63) is 69.9 Å². The number of carbonyl (C=O) groups excluding carboxylic acids is 1. The monoisotopic (exact) mass is 405 g/mol. The molecule has 0 spiro atoms. The first-order valence-corrected chi connectivity index (χ1v) is 11.7. The number of fused-ring (bicyclic) bond motifs is 1. The van der Waals surface area contributed by atoms with E-state index in [9.17, 15) is 9.59 Å². The minimum Gasteiger partial charge on any atom is -0.352 e. The van der Waals surface area contributed by atoms with Gasteiger partial charge in [0.2, 0.25) is 5.91 Å². The summed E-state index contributed by atoms with van der Waals surface area (Å²) in [6.45, 7) is 0.609. The average Bonchev–Trinajstić information content (AvgIpc) is 3.47. The molecule has 0 aliphatic carbocycles. The van der Waals surface area contributed by atoms with Crippen LogP contribution in [0.2, 0.25) is 0 Å². The number of carbonyl (C=O) groups is 1. The predicted molar refractivity (Wildman–Crippen MR) is 125 cm³/mol. The van der Waals surface area contributed by atoms with Crippen LogP contribution in [-0.2, 0) is 17.8 Å². The lowest BCUT2D eigenvalue weighted by Gasteiger charge is -2.07. The van der Waals surface area contributed by atoms with Crippen LogP contribution >= 0.6 is 0 Å². The van der Waals surface area contributed by atoms with Gasteiger partial charge in [0, 0.05) is 18.5 Å². The van der Waals surface area contributed by atoms with Gasteiger partial charge in [-0.1, -0.05) is 87.8 Å². The van der Waals surface area contributed by atoms with E-state index in [0.717, 1.165) is 30.4 Å². The summed E-state index contributed by atoms with van der Waals surface area (Å²) in [5.74, 6) is 0.159. The Morgan fingerprint density at radius 3 is 1.97 bits per heavy atom. The highest BCUT2D eigenvalue weighted by atomic mass is 16.1. The number of unbranched alkanes of at least 4 members (excludes halogenated alkanes) is 9. The second-order valence-corrected chi connectivity index (χ2v) is 8.53. The molecule has 3 aromatic carbocycles. The summed E-state index contributed by atoms with van der Waals surface area (Å²) in [5.41, 5.74) is 2.48. The van der Waals surface area contributed by atoms with Gasteiger partial charge in [-0.25, -0.2) is 0 Å². The molecule has 0 heterocycles. The van der Waals surface area contributed by atoms with E-state index in [0.29, 0.717) is 13.0 Å². The van der Waals surface area contributed by atoms with Crippen LogP contribution in [0.3, 0.4) is 0 Å². The second kappa shape index (κ2) is 12.3. The standard InChI is InChI=1S/C27H35NO2/c29-26-20-25(26)15-9-7-5-3-1-2-4-6-8-10-16-27(30)28-21-22-17-18-23-13-11-12-14-24(23)19-22/h11-14,17-20H,1-10,15-16,21H2,(H,28,30). The van der Waals surface area contributed by atoms with E-state index < -0.39 is 0 Å². The number of amides is 1. The molecule has 0 aliphatic rings. The third kappa shape index (κ3) is 8.14. The van der Waals surface area contributed by atoms with Crippen molar-refractivity contribution < 1.29 is 4.79 Å². The largest absolute Gasteiger partial charge is 0.352 e. The summed E-state index contributed by atoms with van der Waals surface area (Å²) in [7, 11) is 0. The number of aryl methyl sites for hydroxylation is 1. The smallest absolute Gasteiger partial charge is 0.220 e. The van der Waals surface area contributed by atoms with Crippen LogP contribution in [0.15, 0.2) is 53.3 Å². The highest BCUT2D eigenvalue weighted by molar-refractivity contribution is 5.83. The lowest BCUT2D eigenvalue weighted by atomic mass is 10.0. The molecular formula is C27H35NO2. The Kier molecular flexibility index (Phi) is 9.14. The lowest BCUT2D eigenvalue weighted by molar-refractivity contribution is -0.121. The van der Waals surface area contributed by atoms with E-state index in [-0.39, 0.29) is 11.3 Å². The Balaban J connectivity index is 1.12. The van der Waals surface area contributed by atoms with E-state index in [1.54, 1.807) is 6.07 Å². The van der Waals surface area contributed by atoms with E-state index in [1.807, 2.05) is 12.1 Å². The molecular weight excluding hydrogens is 370 g/mol. The molecule has 3 aromatic rings. The molecule has 160 valence electrons. The van der Waals surface area contributed by atoms with Gasteiger partial charge in [-0.15, -0.1) is 0 Å². The van der Waals surface area contributed by atoms with Crippen LogP contribution in [0, 0.1) is 0 Å². The van der Waals surface area contributed by atoms with Gasteiger partial charge in [0.1, 0.15) is 0 Å². The van der Waals surface area contributed by atoms with Crippen molar-refractivity contribution in [2.75, 3.05) is 0 Å². The van der Waals surface area contributed by atoms with Gasteiger partial charge in [-0.3, -0.25) is 9.59 Å². The Hall–Kier alpha value is -2.42. The predicted octanol–water partition coefficient (Wildman–Crippen LogP) is 6.23. The van der Waals surface area contributed by atoms with E-state index >= 15 is 0 Å². The fraction of sp³-hybridized carbons (Fsp3) is 0.481. The molecule has 0 saturated carbocycles. The van der Waals surface area contributed by atoms with Gasteiger partial charge in [0.15, 0.2) is 5.43 Å². The third-order valence-corrected chi connectivity index (χ3v) is 5.94. The summed E-state index contributed by atoms with van der Waals surface area (Å²) in [6.07, 6.45) is 13.9. The summed E-state index contributed by atoms with van der Waals surface area (Å²) < 4.78 is 0. The molecule has 1 N–H and O–H groups in total. The van der Waals surface area contributed by atoms with Crippen molar-refractivity contribution in [3.63, 3.8) is 0 Å². The molecule has 3 nitrogen and oxygen atoms in total. The molecule has 0 aromatic heterocycles. The molecule has 0 saturated heterocycles. The topological polar surface area (TPSA) is 46.2 Å². The van der Waals surface area contributed by atoms with Crippen molar-refractivity contribution in [2.45, 2.75) is 83.6 Å². The molecule has 0 atom stereocenters. The SMILES string of the molecule is O=C(CCCCCCCCCCCCc1cc1=O)NCc1ccc2ccccc2c1. The van der Waals surface area contributed by atoms with Crippen LogP contribution in [0.1, 0.15) is 81.8 Å². The first-order chi connectivity index (χ1) is 14.7. The zero-order valence-electron chi connectivity index (χ0n) is 18.1. The summed E-state index contributed by atoms with van der Waals surface area (Å²) in [5, 5.41) is 5.50. The maximum Gasteiger partial charge on any atom is 0.220 e. The fourth-order valence-corrected chi connectivity index (χ4v) is 3.97. The van der Waals surface area contributed by atoms with Gasteiger partial charge in [0.05, 0.1) is 0 Å².